The molecule has 0 unspecified atom stereocenters. The van der Waals surface area contributed by atoms with Gasteiger partial charge in [0.05, 0.1) is 0 Å². The highest BCUT2D eigenvalue weighted by atomic mass is 16.1. The number of hydrogen-bond donors (Lipinski definition) is 2. The van der Waals surface area contributed by atoms with Crippen molar-refractivity contribution < 1.29 is 4.79 Å². The molecule has 1 heterocycles. The summed E-state index contributed by atoms with van der Waals surface area (Å²) in [6.07, 6.45) is 1.64. The van der Waals surface area contributed by atoms with Gasteiger partial charge >= 0.3 is 0 Å². The van der Waals surface area contributed by atoms with Crippen LogP contribution in [0.5, 0.6) is 0 Å². The largest absolute Gasteiger partial charge is 0.378 e. The number of pyridine rings is 1. The molecule has 0 aliphatic rings. The fraction of sp³-hybridized carbons (Fsp3) is 0.333. The number of amides is 1. The zero-order valence-corrected chi connectivity index (χ0v) is 14.1. The van der Waals surface area contributed by atoms with E-state index in [-0.39, 0.29) is 5.91 Å². The number of benzene rings is 1. The van der Waals surface area contributed by atoms with Gasteiger partial charge in [-0.2, -0.15) is 0 Å². The fourth-order valence-electron chi connectivity index (χ4n) is 2.03. The van der Waals surface area contributed by atoms with E-state index in [2.05, 4.69) is 29.5 Å². The van der Waals surface area contributed by atoms with E-state index in [0.717, 1.165) is 17.1 Å². The van der Waals surface area contributed by atoms with Crippen LogP contribution in [0, 0.1) is 5.92 Å². The molecule has 122 valence electrons. The van der Waals surface area contributed by atoms with E-state index in [1.807, 2.05) is 49.3 Å². The second-order valence-corrected chi connectivity index (χ2v) is 6.10. The van der Waals surface area contributed by atoms with Crippen LogP contribution < -0.4 is 15.5 Å². The van der Waals surface area contributed by atoms with E-state index in [1.165, 1.54) is 0 Å². The molecule has 0 aliphatic carbocycles. The zero-order valence-electron chi connectivity index (χ0n) is 14.1. The van der Waals surface area contributed by atoms with Crippen molar-refractivity contribution in [2.45, 2.75) is 13.8 Å². The number of nitrogens with one attached hydrogen (secondary N) is 2. The Kier molecular flexibility index (Phi) is 5.57. The number of aromatic nitrogens is 1. The lowest BCUT2D eigenvalue weighted by Crippen LogP contribution is -2.28. The molecule has 0 radical (unpaired) electrons. The molecule has 1 aromatic heterocycles. The molecule has 0 atom stereocenters. The Bertz CT molecular complexity index is 650. The molecule has 0 saturated carbocycles. The van der Waals surface area contributed by atoms with Gasteiger partial charge in [0.25, 0.3) is 5.91 Å². The van der Waals surface area contributed by atoms with Crippen LogP contribution in [0.15, 0.2) is 42.6 Å². The summed E-state index contributed by atoms with van der Waals surface area (Å²) < 4.78 is 0. The first-order valence-electron chi connectivity index (χ1n) is 7.74. The van der Waals surface area contributed by atoms with Gasteiger partial charge in [-0.15, -0.1) is 0 Å². The first-order chi connectivity index (χ1) is 11.0. The molecular weight excluding hydrogens is 288 g/mol. The topological polar surface area (TPSA) is 57.3 Å². The summed E-state index contributed by atoms with van der Waals surface area (Å²) in [4.78, 5) is 18.3. The Morgan fingerprint density at radius 1 is 1.13 bits per heavy atom. The summed E-state index contributed by atoms with van der Waals surface area (Å²) in [7, 11) is 4.01. The van der Waals surface area contributed by atoms with Gasteiger partial charge in [-0.05, 0) is 42.3 Å². The Labute approximate surface area is 137 Å². The SMILES string of the molecule is CC(C)CNC(=O)c1cc(Nc2ccc(N(C)C)cc2)ccn1. The van der Waals surface area contributed by atoms with Crippen molar-refractivity contribution in [3.05, 3.63) is 48.3 Å². The van der Waals surface area contributed by atoms with Crippen LogP contribution in [0.25, 0.3) is 0 Å². The molecule has 0 spiro atoms. The quantitative estimate of drug-likeness (QED) is 0.859. The van der Waals surface area contributed by atoms with Crippen LogP contribution in [0.4, 0.5) is 17.1 Å². The summed E-state index contributed by atoms with van der Waals surface area (Å²) in [5.41, 5.74) is 3.36. The summed E-state index contributed by atoms with van der Waals surface area (Å²) in [6.45, 7) is 4.76. The van der Waals surface area contributed by atoms with Crippen LogP contribution in [0.2, 0.25) is 0 Å². The van der Waals surface area contributed by atoms with Gasteiger partial charge < -0.3 is 15.5 Å². The average molecular weight is 312 g/mol. The lowest BCUT2D eigenvalue weighted by molar-refractivity contribution is 0.0944. The van der Waals surface area contributed by atoms with E-state index >= 15 is 0 Å². The lowest BCUT2D eigenvalue weighted by atomic mass is 10.2. The highest BCUT2D eigenvalue weighted by Gasteiger charge is 2.08. The number of carbonyl (C=O) groups is 1. The second-order valence-electron chi connectivity index (χ2n) is 6.10. The van der Waals surface area contributed by atoms with Crippen LogP contribution in [0.1, 0.15) is 24.3 Å². The molecule has 5 heteroatoms. The Morgan fingerprint density at radius 3 is 2.43 bits per heavy atom. The Balaban J connectivity index is 2.06. The minimum Gasteiger partial charge on any atom is -0.378 e. The molecule has 23 heavy (non-hydrogen) atoms. The fourth-order valence-corrected chi connectivity index (χ4v) is 2.03. The number of nitrogens with zero attached hydrogens (tertiary/aromatic N) is 2. The summed E-state index contributed by atoms with van der Waals surface area (Å²) >= 11 is 0. The van der Waals surface area contributed by atoms with Crippen molar-refractivity contribution >= 4 is 23.0 Å². The average Bonchev–Trinajstić information content (AvgIpc) is 2.53. The predicted octanol–water partition coefficient (Wildman–Crippen LogP) is 3.28. The van der Waals surface area contributed by atoms with E-state index in [9.17, 15) is 4.79 Å². The van der Waals surface area contributed by atoms with Crippen molar-refractivity contribution in [2.24, 2.45) is 5.92 Å². The monoisotopic (exact) mass is 312 g/mol. The lowest BCUT2D eigenvalue weighted by Gasteiger charge is -2.13. The molecule has 5 nitrogen and oxygen atoms in total. The minimum atomic E-state index is -0.148. The Morgan fingerprint density at radius 2 is 1.83 bits per heavy atom. The normalized spacial score (nSPS) is 10.5. The molecule has 0 aliphatic heterocycles. The van der Waals surface area contributed by atoms with Crippen molar-refractivity contribution in [1.29, 1.82) is 0 Å². The molecule has 1 aromatic carbocycles. The van der Waals surface area contributed by atoms with Gasteiger partial charge in [-0.1, -0.05) is 13.8 Å². The summed E-state index contributed by atoms with van der Waals surface area (Å²) in [5, 5.41) is 6.17. The third kappa shape index (κ3) is 4.98. The van der Waals surface area contributed by atoms with Gasteiger partial charge in [0.1, 0.15) is 5.69 Å². The smallest absolute Gasteiger partial charge is 0.269 e. The molecule has 0 saturated heterocycles. The summed E-state index contributed by atoms with van der Waals surface area (Å²) in [5.74, 6) is 0.265. The van der Waals surface area contributed by atoms with Gasteiger partial charge in [0, 0.05) is 43.9 Å². The number of rotatable bonds is 6. The van der Waals surface area contributed by atoms with Crippen LogP contribution in [0.3, 0.4) is 0 Å². The molecule has 2 rings (SSSR count). The zero-order chi connectivity index (χ0) is 16.8. The number of hydrogen-bond acceptors (Lipinski definition) is 4. The van der Waals surface area contributed by atoms with Gasteiger partial charge in [0.15, 0.2) is 0 Å². The second kappa shape index (κ2) is 7.63. The van der Waals surface area contributed by atoms with Crippen LogP contribution in [-0.4, -0.2) is 31.5 Å². The van der Waals surface area contributed by atoms with Gasteiger partial charge in [-0.3, -0.25) is 9.78 Å². The molecule has 2 aromatic rings. The Hall–Kier alpha value is -2.56. The first-order valence-corrected chi connectivity index (χ1v) is 7.74. The highest BCUT2D eigenvalue weighted by molar-refractivity contribution is 5.93. The van der Waals surface area contributed by atoms with Crippen molar-refractivity contribution in [2.75, 3.05) is 30.9 Å². The molecule has 0 fully saturated rings. The highest BCUT2D eigenvalue weighted by Crippen LogP contribution is 2.20. The van der Waals surface area contributed by atoms with E-state index in [4.69, 9.17) is 0 Å². The van der Waals surface area contributed by atoms with Crippen LogP contribution in [-0.2, 0) is 0 Å². The third-order valence-electron chi connectivity index (χ3n) is 3.34. The number of anilines is 3. The predicted molar refractivity (Wildman–Crippen MR) is 95.5 cm³/mol. The van der Waals surface area contributed by atoms with Gasteiger partial charge in [-0.25, -0.2) is 0 Å². The maximum absolute atomic E-state index is 12.1. The summed E-state index contributed by atoms with van der Waals surface area (Å²) in [6, 6.07) is 11.7. The third-order valence-corrected chi connectivity index (χ3v) is 3.34. The van der Waals surface area contributed by atoms with Crippen molar-refractivity contribution in [3.8, 4) is 0 Å². The number of carbonyl (C=O) groups excluding carboxylic acids is 1. The molecular formula is C18H24N4O. The maximum Gasteiger partial charge on any atom is 0.269 e. The molecule has 1 amide bonds. The first kappa shape index (κ1) is 16.8. The molecule has 0 bridgehead atoms. The standard InChI is InChI=1S/C18H24N4O/c1-13(2)12-20-18(23)17-11-15(9-10-19-17)21-14-5-7-16(8-6-14)22(3)4/h5-11,13H,12H2,1-4H3,(H,19,21)(H,20,23). The van der Waals surface area contributed by atoms with E-state index in [0.29, 0.717) is 18.2 Å². The van der Waals surface area contributed by atoms with E-state index < -0.39 is 0 Å². The van der Waals surface area contributed by atoms with Gasteiger partial charge in [0.2, 0.25) is 0 Å². The molecule has 2 N–H and O–H groups in total. The minimum absolute atomic E-state index is 0.148. The van der Waals surface area contributed by atoms with Crippen molar-refractivity contribution in [3.63, 3.8) is 0 Å². The van der Waals surface area contributed by atoms with Crippen molar-refractivity contribution in [1.82, 2.24) is 10.3 Å². The van der Waals surface area contributed by atoms with E-state index in [1.54, 1.807) is 12.3 Å². The maximum atomic E-state index is 12.1. The van der Waals surface area contributed by atoms with Crippen LogP contribution >= 0.6 is 0 Å².